The van der Waals surface area contributed by atoms with Crippen LogP contribution in [0.5, 0.6) is 5.75 Å². The molecule has 1 atom stereocenters. The topological polar surface area (TPSA) is 75.7 Å². The fourth-order valence-corrected chi connectivity index (χ4v) is 4.13. The van der Waals surface area contributed by atoms with E-state index in [-0.39, 0.29) is 24.8 Å². The van der Waals surface area contributed by atoms with Crippen molar-refractivity contribution in [3.05, 3.63) is 59.9 Å². The number of anilines is 1. The molecule has 2 aromatic rings. The van der Waals surface area contributed by atoms with Gasteiger partial charge in [-0.3, -0.25) is 9.10 Å². The monoisotopic (exact) mass is 422 g/mol. The number of hydrogen-bond acceptors (Lipinski definition) is 4. The molecule has 0 unspecified atom stereocenters. The van der Waals surface area contributed by atoms with Gasteiger partial charge in [0.25, 0.3) is 0 Å². The summed E-state index contributed by atoms with van der Waals surface area (Å²) in [7, 11) is -3.75. The zero-order valence-electron chi connectivity index (χ0n) is 17.1. The third-order valence-electron chi connectivity index (χ3n) is 4.17. The van der Waals surface area contributed by atoms with Gasteiger partial charge in [-0.05, 0) is 62.2 Å². The third kappa shape index (κ3) is 6.45. The smallest absolute Gasteiger partial charge is 0.244 e. The van der Waals surface area contributed by atoms with Crippen LogP contribution in [0.3, 0.4) is 0 Å². The van der Waals surface area contributed by atoms with Crippen molar-refractivity contribution in [1.29, 1.82) is 0 Å². The Balaban J connectivity index is 2.14. The van der Waals surface area contributed by atoms with Crippen molar-refractivity contribution in [2.45, 2.75) is 45.9 Å². The Hall–Kier alpha value is -2.61. The summed E-state index contributed by atoms with van der Waals surface area (Å²) in [4.78, 5) is 12.8. The highest BCUT2D eigenvalue weighted by molar-refractivity contribution is 7.92. The SMILES string of the molecule is CC[C@@H](C(=O)NCc1ccc(OC(C)C)cc1)N(c1ccc(F)cc1)S(C)(=O)=O. The number of nitrogens with zero attached hydrogens (tertiary/aromatic N) is 1. The molecule has 0 bridgehead atoms. The molecule has 0 saturated carbocycles. The number of carbonyl (C=O) groups is 1. The van der Waals surface area contributed by atoms with E-state index < -0.39 is 27.8 Å². The predicted octanol–water partition coefficient (Wildman–Crippen LogP) is 3.47. The van der Waals surface area contributed by atoms with Crippen LogP contribution >= 0.6 is 0 Å². The number of halogens is 1. The minimum Gasteiger partial charge on any atom is -0.491 e. The van der Waals surface area contributed by atoms with Gasteiger partial charge in [0, 0.05) is 6.54 Å². The van der Waals surface area contributed by atoms with E-state index in [9.17, 15) is 17.6 Å². The number of carbonyl (C=O) groups excluding carboxylic acids is 1. The summed E-state index contributed by atoms with van der Waals surface area (Å²) >= 11 is 0. The second-order valence-electron chi connectivity index (χ2n) is 6.99. The van der Waals surface area contributed by atoms with E-state index >= 15 is 0 Å². The summed E-state index contributed by atoms with van der Waals surface area (Å²) in [6.45, 7) is 5.85. The van der Waals surface area contributed by atoms with Crippen LogP contribution in [0.2, 0.25) is 0 Å². The highest BCUT2D eigenvalue weighted by Crippen LogP contribution is 2.23. The molecule has 29 heavy (non-hydrogen) atoms. The van der Waals surface area contributed by atoms with E-state index in [0.29, 0.717) is 0 Å². The molecule has 0 aromatic heterocycles. The summed E-state index contributed by atoms with van der Waals surface area (Å²) in [6, 6.07) is 11.4. The Bertz CT molecular complexity index is 913. The van der Waals surface area contributed by atoms with Gasteiger partial charge >= 0.3 is 0 Å². The first-order valence-electron chi connectivity index (χ1n) is 9.40. The summed E-state index contributed by atoms with van der Waals surface area (Å²) in [5.41, 5.74) is 1.10. The molecule has 0 radical (unpaired) electrons. The molecule has 6 nitrogen and oxygen atoms in total. The fourth-order valence-electron chi connectivity index (χ4n) is 2.91. The Morgan fingerprint density at radius 2 is 1.69 bits per heavy atom. The first-order chi connectivity index (χ1) is 13.6. The number of sulfonamides is 1. The van der Waals surface area contributed by atoms with E-state index in [1.165, 1.54) is 24.3 Å². The molecule has 0 aliphatic rings. The molecule has 2 aromatic carbocycles. The van der Waals surface area contributed by atoms with E-state index in [1.54, 1.807) is 6.92 Å². The number of nitrogens with one attached hydrogen (secondary N) is 1. The third-order valence-corrected chi connectivity index (χ3v) is 5.35. The lowest BCUT2D eigenvalue weighted by molar-refractivity contribution is -0.122. The maximum Gasteiger partial charge on any atom is 0.244 e. The van der Waals surface area contributed by atoms with Crippen LogP contribution in [0.25, 0.3) is 0 Å². The Kier molecular flexibility index (Phi) is 7.61. The lowest BCUT2D eigenvalue weighted by Crippen LogP contribution is -2.49. The Labute approximate surface area is 171 Å². The summed E-state index contributed by atoms with van der Waals surface area (Å²) < 4.78 is 44.6. The van der Waals surface area contributed by atoms with Gasteiger partial charge in [0.2, 0.25) is 15.9 Å². The minimum absolute atomic E-state index is 0.0688. The number of benzene rings is 2. The molecule has 158 valence electrons. The van der Waals surface area contributed by atoms with E-state index in [1.807, 2.05) is 38.1 Å². The zero-order chi connectivity index (χ0) is 21.6. The molecular formula is C21H27FN2O4S. The van der Waals surface area contributed by atoms with Crippen molar-refractivity contribution >= 4 is 21.6 Å². The van der Waals surface area contributed by atoms with Gasteiger partial charge in [0.15, 0.2) is 0 Å². The summed E-state index contributed by atoms with van der Waals surface area (Å²) in [5, 5.41) is 2.78. The van der Waals surface area contributed by atoms with Crippen LogP contribution in [-0.4, -0.2) is 32.7 Å². The average Bonchev–Trinajstić information content (AvgIpc) is 2.65. The standard InChI is InChI=1S/C21H27FN2O4S/c1-5-20(24(29(4,26)27)18-10-8-17(22)9-11-18)21(25)23-14-16-6-12-19(13-7-16)28-15(2)3/h6-13,15,20H,5,14H2,1-4H3,(H,23,25)/t20-/m0/s1. The zero-order valence-corrected chi connectivity index (χ0v) is 17.9. The highest BCUT2D eigenvalue weighted by atomic mass is 32.2. The second kappa shape index (κ2) is 9.73. The van der Waals surface area contributed by atoms with Crippen LogP contribution in [0.1, 0.15) is 32.8 Å². The minimum atomic E-state index is -3.75. The molecule has 0 spiro atoms. The maximum absolute atomic E-state index is 13.2. The number of hydrogen-bond donors (Lipinski definition) is 1. The molecule has 1 N–H and O–H groups in total. The van der Waals surface area contributed by atoms with E-state index in [2.05, 4.69) is 5.32 Å². The summed E-state index contributed by atoms with van der Waals surface area (Å²) in [6.07, 6.45) is 1.36. The van der Waals surface area contributed by atoms with Crippen molar-refractivity contribution in [3.63, 3.8) is 0 Å². The Morgan fingerprint density at radius 1 is 1.10 bits per heavy atom. The maximum atomic E-state index is 13.2. The Morgan fingerprint density at radius 3 is 2.17 bits per heavy atom. The summed E-state index contributed by atoms with van der Waals surface area (Å²) in [5.74, 6) is -0.171. The van der Waals surface area contributed by atoms with Crippen molar-refractivity contribution in [3.8, 4) is 5.75 Å². The van der Waals surface area contributed by atoms with Gasteiger partial charge in [-0.25, -0.2) is 12.8 Å². The largest absolute Gasteiger partial charge is 0.491 e. The lowest BCUT2D eigenvalue weighted by atomic mass is 10.1. The molecular weight excluding hydrogens is 395 g/mol. The molecule has 0 saturated heterocycles. The lowest BCUT2D eigenvalue weighted by Gasteiger charge is -2.30. The van der Waals surface area contributed by atoms with Crippen molar-refractivity contribution < 1.29 is 22.3 Å². The van der Waals surface area contributed by atoms with Gasteiger partial charge in [0.1, 0.15) is 17.6 Å². The highest BCUT2D eigenvalue weighted by Gasteiger charge is 2.31. The molecule has 0 heterocycles. The fraction of sp³-hybridized carbons (Fsp3) is 0.381. The van der Waals surface area contributed by atoms with Crippen LogP contribution in [0.15, 0.2) is 48.5 Å². The quantitative estimate of drug-likeness (QED) is 0.671. The van der Waals surface area contributed by atoms with Crippen LogP contribution in [0.4, 0.5) is 10.1 Å². The molecule has 0 aliphatic carbocycles. The van der Waals surface area contributed by atoms with Crippen molar-refractivity contribution in [2.75, 3.05) is 10.6 Å². The second-order valence-corrected chi connectivity index (χ2v) is 8.85. The van der Waals surface area contributed by atoms with Crippen molar-refractivity contribution in [1.82, 2.24) is 5.32 Å². The van der Waals surface area contributed by atoms with E-state index in [0.717, 1.165) is 21.9 Å². The van der Waals surface area contributed by atoms with Gasteiger partial charge in [-0.15, -0.1) is 0 Å². The predicted molar refractivity (Wildman–Crippen MR) is 112 cm³/mol. The molecule has 8 heteroatoms. The van der Waals surface area contributed by atoms with Gasteiger partial charge in [-0.2, -0.15) is 0 Å². The van der Waals surface area contributed by atoms with Crippen LogP contribution in [0, 0.1) is 5.82 Å². The van der Waals surface area contributed by atoms with E-state index in [4.69, 9.17) is 4.74 Å². The first kappa shape index (κ1) is 22.7. The average molecular weight is 423 g/mol. The molecule has 0 fully saturated rings. The van der Waals surface area contributed by atoms with Crippen LogP contribution in [-0.2, 0) is 21.4 Å². The van der Waals surface area contributed by atoms with Crippen LogP contribution < -0.4 is 14.4 Å². The van der Waals surface area contributed by atoms with Gasteiger partial charge in [0.05, 0.1) is 18.0 Å². The molecule has 2 rings (SSSR count). The number of amides is 1. The van der Waals surface area contributed by atoms with Gasteiger partial charge in [-0.1, -0.05) is 19.1 Å². The van der Waals surface area contributed by atoms with Crippen molar-refractivity contribution in [2.24, 2.45) is 0 Å². The van der Waals surface area contributed by atoms with Gasteiger partial charge < -0.3 is 10.1 Å². The number of ether oxygens (including phenoxy) is 1. The molecule has 1 amide bonds. The first-order valence-corrected chi connectivity index (χ1v) is 11.2. The molecule has 0 aliphatic heterocycles. The number of rotatable bonds is 9. The normalized spacial score (nSPS) is 12.5.